The lowest BCUT2D eigenvalue weighted by Crippen LogP contribution is -2.12. The molecule has 1 heterocycles. The van der Waals surface area contributed by atoms with Gasteiger partial charge in [-0.2, -0.15) is 16.6 Å². The van der Waals surface area contributed by atoms with Crippen molar-refractivity contribution in [3.63, 3.8) is 0 Å². The standard InChI is InChI=1S/C17H13NO4S/c1-21-16(19)14-4-3-12(8-15(14)17(20)22-2)13(9-18)7-11-5-6-23-10-11/h3-8,10H,1-2H3/b13-7+. The van der Waals surface area contributed by atoms with E-state index in [9.17, 15) is 14.9 Å². The average molecular weight is 327 g/mol. The van der Waals surface area contributed by atoms with Crippen molar-refractivity contribution in [2.45, 2.75) is 0 Å². The van der Waals surface area contributed by atoms with E-state index in [0.29, 0.717) is 11.1 Å². The van der Waals surface area contributed by atoms with E-state index >= 15 is 0 Å². The van der Waals surface area contributed by atoms with E-state index in [1.54, 1.807) is 12.1 Å². The largest absolute Gasteiger partial charge is 0.465 e. The average Bonchev–Trinajstić information content (AvgIpc) is 3.10. The molecule has 23 heavy (non-hydrogen) atoms. The van der Waals surface area contributed by atoms with Crippen molar-refractivity contribution >= 4 is 34.9 Å². The van der Waals surface area contributed by atoms with Gasteiger partial charge in [-0.1, -0.05) is 6.07 Å². The third-order valence-electron chi connectivity index (χ3n) is 3.12. The topological polar surface area (TPSA) is 76.4 Å². The van der Waals surface area contributed by atoms with E-state index in [1.165, 1.54) is 37.7 Å². The van der Waals surface area contributed by atoms with E-state index in [4.69, 9.17) is 4.74 Å². The van der Waals surface area contributed by atoms with Gasteiger partial charge in [-0.25, -0.2) is 9.59 Å². The zero-order valence-corrected chi connectivity index (χ0v) is 13.3. The monoisotopic (exact) mass is 327 g/mol. The van der Waals surface area contributed by atoms with Gasteiger partial charge >= 0.3 is 11.9 Å². The third kappa shape index (κ3) is 3.65. The Balaban J connectivity index is 2.54. The van der Waals surface area contributed by atoms with Gasteiger partial charge in [0.25, 0.3) is 0 Å². The second-order valence-electron chi connectivity index (χ2n) is 4.47. The van der Waals surface area contributed by atoms with Crippen LogP contribution in [-0.2, 0) is 9.47 Å². The predicted octanol–water partition coefficient (Wildman–Crippen LogP) is 3.39. The number of carbonyl (C=O) groups is 2. The van der Waals surface area contributed by atoms with Crippen LogP contribution in [-0.4, -0.2) is 26.2 Å². The van der Waals surface area contributed by atoms with Gasteiger partial charge in [-0.15, -0.1) is 0 Å². The summed E-state index contributed by atoms with van der Waals surface area (Å²) >= 11 is 1.52. The number of ether oxygens (including phenoxy) is 2. The lowest BCUT2D eigenvalue weighted by molar-refractivity contribution is 0.0555. The minimum Gasteiger partial charge on any atom is -0.465 e. The first kappa shape index (κ1) is 16.5. The summed E-state index contributed by atoms with van der Waals surface area (Å²) in [5.41, 5.74) is 1.94. The molecule has 0 saturated heterocycles. The Morgan fingerprint density at radius 3 is 2.39 bits per heavy atom. The van der Waals surface area contributed by atoms with Crippen molar-refractivity contribution in [3.8, 4) is 6.07 Å². The number of carbonyl (C=O) groups excluding carboxylic acids is 2. The molecule has 0 saturated carbocycles. The molecule has 2 aromatic rings. The van der Waals surface area contributed by atoms with Crippen molar-refractivity contribution in [1.29, 1.82) is 5.26 Å². The zero-order chi connectivity index (χ0) is 16.8. The summed E-state index contributed by atoms with van der Waals surface area (Å²) < 4.78 is 9.36. The number of thiophene rings is 1. The molecule has 2 rings (SSSR count). The van der Waals surface area contributed by atoms with Gasteiger partial charge in [-0.05, 0) is 46.2 Å². The van der Waals surface area contributed by atoms with Crippen LogP contribution in [0.5, 0.6) is 0 Å². The molecule has 0 aliphatic rings. The van der Waals surface area contributed by atoms with Crippen molar-refractivity contribution in [2.24, 2.45) is 0 Å². The molecular weight excluding hydrogens is 314 g/mol. The maximum atomic E-state index is 11.9. The zero-order valence-electron chi connectivity index (χ0n) is 12.5. The first-order valence-corrected chi connectivity index (χ1v) is 7.50. The molecule has 5 nitrogen and oxygen atoms in total. The summed E-state index contributed by atoms with van der Waals surface area (Å²) in [5, 5.41) is 13.2. The van der Waals surface area contributed by atoms with E-state index in [-0.39, 0.29) is 11.1 Å². The summed E-state index contributed by atoms with van der Waals surface area (Å²) in [7, 11) is 2.46. The Bertz CT molecular complexity index is 800. The van der Waals surface area contributed by atoms with Crippen LogP contribution >= 0.6 is 11.3 Å². The smallest absolute Gasteiger partial charge is 0.338 e. The highest BCUT2D eigenvalue weighted by molar-refractivity contribution is 7.08. The minimum atomic E-state index is -0.667. The number of nitrogens with zero attached hydrogens (tertiary/aromatic N) is 1. The highest BCUT2D eigenvalue weighted by atomic mass is 32.1. The Labute approximate surface area is 137 Å². The van der Waals surface area contributed by atoms with Gasteiger partial charge in [0.05, 0.1) is 37.0 Å². The fourth-order valence-electron chi connectivity index (χ4n) is 1.98. The van der Waals surface area contributed by atoms with Crippen molar-refractivity contribution in [3.05, 3.63) is 57.3 Å². The first-order valence-electron chi connectivity index (χ1n) is 6.55. The number of methoxy groups -OCH3 is 2. The highest BCUT2D eigenvalue weighted by Gasteiger charge is 2.19. The lowest BCUT2D eigenvalue weighted by Gasteiger charge is -2.08. The first-order chi connectivity index (χ1) is 11.1. The van der Waals surface area contributed by atoms with E-state index < -0.39 is 11.9 Å². The number of allylic oxidation sites excluding steroid dienone is 1. The lowest BCUT2D eigenvalue weighted by atomic mass is 9.98. The molecule has 0 N–H and O–H groups in total. The summed E-state index contributed by atoms with van der Waals surface area (Å²) in [6, 6.07) is 8.49. The maximum Gasteiger partial charge on any atom is 0.338 e. The summed E-state index contributed by atoms with van der Waals surface area (Å²) in [6.45, 7) is 0. The predicted molar refractivity (Wildman–Crippen MR) is 86.9 cm³/mol. The van der Waals surface area contributed by atoms with Crippen molar-refractivity contribution in [2.75, 3.05) is 14.2 Å². The van der Waals surface area contributed by atoms with Gasteiger partial charge in [0, 0.05) is 0 Å². The number of hydrogen-bond donors (Lipinski definition) is 0. The molecule has 0 spiro atoms. The van der Waals surface area contributed by atoms with Gasteiger partial charge in [0.15, 0.2) is 0 Å². The molecule has 6 heteroatoms. The molecule has 0 aliphatic carbocycles. The number of esters is 2. The van der Waals surface area contributed by atoms with Crippen LogP contribution in [0.2, 0.25) is 0 Å². The molecule has 0 amide bonds. The SMILES string of the molecule is COC(=O)c1ccc(/C(C#N)=C/c2ccsc2)cc1C(=O)OC. The molecule has 0 atom stereocenters. The number of rotatable bonds is 4. The second kappa shape index (κ2) is 7.38. The van der Waals surface area contributed by atoms with Gasteiger partial charge in [0.2, 0.25) is 0 Å². The molecule has 0 aliphatic heterocycles. The molecule has 0 bridgehead atoms. The molecule has 1 aromatic carbocycles. The Hall–Kier alpha value is -2.91. The molecule has 116 valence electrons. The Kier molecular flexibility index (Phi) is 5.28. The maximum absolute atomic E-state index is 11.9. The number of benzene rings is 1. The van der Waals surface area contributed by atoms with Crippen LogP contribution < -0.4 is 0 Å². The third-order valence-corrected chi connectivity index (χ3v) is 3.82. The van der Waals surface area contributed by atoms with Crippen molar-refractivity contribution in [1.82, 2.24) is 0 Å². The normalized spacial score (nSPS) is 10.7. The number of nitriles is 1. The molecule has 0 fully saturated rings. The number of hydrogen-bond acceptors (Lipinski definition) is 6. The fraction of sp³-hybridized carbons (Fsp3) is 0.118. The minimum absolute atomic E-state index is 0.0586. The summed E-state index contributed by atoms with van der Waals surface area (Å²) in [5.74, 6) is -1.31. The van der Waals surface area contributed by atoms with Crippen LogP contribution in [0.15, 0.2) is 35.0 Å². The molecule has 1 aromatic heterocycles. The van der Waals surface area contributed by atoms with Crippen LogP contribution in [0.25, 0.3) is 11.6 Å². The molecule has 0 radical (unpaired) electrons. The summed E-state index contributed by atoms with van der Waals surface area (Å²) in [6.07, 6.45) is 1.71. The Morgan fingerprint density at radius 2 is 1.83 bits per heavy atom. The Morgan fingerprint density at radius 1 is 1.13 bits per heavy atom. The second-order valence-corrected chi connectivity index (χ2v) is 5.25. The van der Waals surface area contributed by atoms with Crippen molar-refractivity contribution < 1.29 is 19.1 Å². The fourth-order valence-corrected chi connectivity index (χ4v) is 2.60. The van der Waals surface area contributed by atoms with Gasteiger partial charge in [0.1, 0.15) is 0 Å². The molecule has 0 unspecified atom stereocenters. The molecular formula is C17H13NO4S. The van der Waals surface area contributed by atoms with E-state index in [1.807, 2.05) is 16.8 Å². The van der Waals surface area contributed by atoms with E-state index in [0.717, 1.165) is 5.56 Å². The van der Waals surface area contributed by atoms with Crippen LogP contribution in [0.4, 0.5) is 0 Å². The van der Waals surface area contributed by atoms with Crippen LogP contribution in [0.1, 0.15) is 31.8 Å². The summed E-state index contributed by atoms with van der Waals surface area (Å²) in [4.78, 5) is 23.7. The van der Waals surface area contributed by atoms with Crippen LogP contribution in [0.3, 0.4) is 0 Å². The van der Waals surface area contributed by atoms with Gasteiger partial charge < -0.3 is 9.47 Å². The van der Waals surface area contributed by atoms with Gasteiger partial charge in [-0.3, -0.25) is 0 Å². The van der Waals surface area contributed by atoms with Crippen LogP contribution in [0, 0.1) is 11.3 Å². The quantitative estimate of drug-likeness (QED) is 0.635. The van der Waals surface area contributed by atoms with E-state index in [2.05, 4.69) is 10.8 Å². The highest BCUT2D eigenvalue weighted by Crippen LogP contribution is 2.23.